The van der Waals surface area contributed by atoms with E-state index in [4.69, 9.17) is 9.47 Å². The van der Waals surface area contributed by atoms with E-state index in [1.165, 1.54) is 0 Å². The Morgan fingerprint density at radius 1 is 0.962 bits per heavy atom. The molecule has 0 aliphatic heterocycles. The van der Waals surface area contributed by atoms with Gasteiger partial charge in [-0.25, -0.2) is 4.79 Å². The molecule has 2 aromatic carbocycles. The lowest BCUT2D eigenvalue weighted by molar-refractivity contribution is 0.146. The minimum Gasteiger partial charge on any atom is -0.497 e. The highest BCUT2D eigenvalue weighted by atomic mass is 16.6. The number of ether oxygens (including phenoxy) is 2. The van der Waals surface area contributed by atoms with Crippen LogP contribution in [0.1, 0.15) is 11.1 Å². The highest BCUT2D eigenvalue weighted by Gasteiger charge is 2.18. The van der Waals surface area contributed by atoms with Gasteiger partial charge in [-0.2, -0.15) is 0 Å². The first kappa shape index (κ1) is 17.5. The lowest BCUT2D eigenvalue weighted by Crippen LogP contribution is -2.31. The van der Waals surface area contributed by atoms with Crippen molar-refractivity contribution in [2.24, 2.45) is 0 Å². The van der Waals surface area contributed by atoms with Crippen LogP contribution in [0.25, 0.3) is 0 Å². The third-order valence-electron chi connectivity index (χ3n) is 3.87. The number of carbonyl (C=O) groups excluding carboxylic acids is 1. The molecule has 1 heterocycles. The fraction of sp³-hybridized carbons (Fsp3) is 0.143. The average molecular weight is 348 g/mol. The Kier molecular flexibility index (Phi) is 5.83. The highest BCUT2D eigenvalue weighted by Crippen LogP contribution is 2.22. The number of rotatable bonds is 6. The van der Waals surface area contributed by atoms with E-state index in [9.17, 15) is 4.79 Å². The molecule has 1 aromatic heterocycles. The number of benzene rings is 2. The molecule has 0 radical (unpaired) electrons. The first-order valence-corrected chi connectivity index (χ1v) is 8.27. The summed E-state index contributed by atoms with van der Waals surface area (Å²) in [7, 11) is 1.61. The first-order valence-electron chi connectivity index (χ1n) is 8.27. The van der Waals surface area contributed by atoms with Gasteiger partial charge in [-0.15, -0.1) is 0 Å². The Hall–Kier alpha value is -3.34. The molecule has 5 heteroatoms. The van der Waals surface area contributed by atoms with E-state index < -0.39 is 6.09 Å². The van der Waals surface area contributed by atoms with Crippen LogP contribution in [-0.2, 0) is 17.9 Å². The lowest BCUT2D eigenvalue weighted by atomic mass is 10.2. The maximum atomic E-state index is 12.7. The zero-order chi connectivity index (χ0) is 18.2. The molecule has 3 aromatic rings. The van der Waals surface area contributed by atoms with Gasteiger partial charge in [0.05, 0.1) is 13.7 Å². The van der Waals surface area contributed by atoms with Crippen molar-refractivity contribution in [3.63, 3.8) is 0 Å². The molecule has 0 atom stereocenters. The summed E-state index contributed by atoms with van der Waals surface area (Å²) in [6.07, 6.45) is 3.03. The third-order valence-corrected chi connectivity index (χ3v) is 3.87. The smallest absolute Gasteiger partial charge is 0.414 e. The van der Waals surface area contributed by atoms with E-state index in [0.29, 0.717) is 6.54 Å². The van der Waals surface area contributed by atoms with Gasteiger partial charge in [0.2, 0.25) is 0 Å². The number of nitrogens with zero attached hydrogens (tertiary/aromatic N) is 2. The molecular weight excluding hydrogens is 328 g/mol. The Balaban J connectivity index is 1.77. The van der Waals surface area contributed by atoms with Crippen LogP contribution in [0.2, 0.25) is 0 Å². The topological polar surface area (TPSA) is 51.7 Å². The molecule has 26 heavy (non-hydrogen) atoms. The maximum absolute atomic E-state index is 12.7. The fourth-order valence-electron chi connectivity index (χ4n) is 2.49. The normalized spacial score (nSPS) is 10.2. The Labute approximate surface area is 152 Å². The van der Waals surface area contributed by atoms with E-state index in [0.717, 1.165) is 22.6 Å². The van der Waals surface area contributed by atoms with Crippen LogP contribution in [0, 0.1) is 0 Å². The number of pyridine rings is 1. The van der Waals surface area contributed by atoms with Crippen molar-refractivity contribution in [3.8, 4) is 5.75 Å². The van der Waals surface area contributed by atoms with Gasteiger partial charge in [-0.05, 0) is 41.5 Å². The first-order chi connectivity index (χ1) is 12.8. The Morgan fingerprint density at radius 3 is 2.35 bits per heavy atom. The van der Waals surface area contributed by atoms with Crippen LogP contribution >= 0.6 is 0 Å². The molecule has 0 N–H and O–H groups in total. The second kappa shape index (κ2) is 8.67. The third kappa shape index (κ3) is 4.60. The monoisotopic (exact) mass is 348 g/mol. The quantitative estimate of drug-likeness (QED) is 0.661. The number of carbonyl (C=O) groups is 1. The Morgan fingerprint density at radius 2 is 1.69 bits per heavy atom. The van der Waals surface area contributed by atoms with Crippen molar-refractivity contribution in [1.82, 2.24) is 4.98 Å². The summed E-state index contributed by atoms with van der Waals surface area (Å²) >= 11 is 0. The molecule has 0 unspecified atom stereocenters. The minimum atomic E-state index is -0.414. The summed E-state index contributed by atoms with van der Waals surface area (Å²) in [5.74, 6) is 0.729. The Bertz CT molecular complexity index is 821. The molecule has 3 rings (SSSR count). The molecular formula is C21H20N2O3. The predicted molar refractivity (Wildman–Crippen MR) is 100 cm³/mol. The van der Waals surface area contributed by atoms with Gasteiger partial charge in [-0.1, -0.05) is 36.4 Å². The van der Waals surface area contributed by atoms with Gasteiger partial charge in [0, 0.05) is 18.1 Å². The SMILES string of the molecule is COc1ccc(N(Cc2cccnc2)C(=O)OCc2ccccc2)cc1. The van der Waals surface area contributed by atoms with Crippen molar-refractivity contribution < 1.29 is 14.3 Å². The van der Waals surface area contributed by atoms with Crippen LogP contribution in [-0.4, -0.2) is 18.2 Å². The van der Waals surface area contributed by atoms with Crippen molar-refractivity contribution in [2.45, 2.75) is 13.2 Å². The van der Waals surface area contributed by atoms with Gasteiger partial charge in [0.15, 0.2) is 0 Å². The number of hydrogen-bond donors (Lipinski definition) is 0. The zero-order valence-corrected chi connectivity index (χ0v) is 14.5. The second-order valence-electron chi connectivity index (χ2n) is 5.69. The fourth-order valence-corrected chi connectivity index (χ4v) is 2.49. The van der Waals surface area contributed by atoms with Crippen LogP contribution in [0.5, 0.6) is 5.75 Å². The lowest BCUT2D eigenvalue weighted by Gasteiger charge is -2.22. The summed E-state index contributed by atoms with van der Waals surface area (Å²) in [6, 6.07) is 20.7. The number of anilines is 1. The molecule has 0 aliphatic rings. The summed E-state index contributed by atoms with van der Waals surface area (Å²) in [6.45, 7) is 0.590. The summed E-state index contributed by atoms with van der Waals surface area (Å²) in [5, 5.41) is 0. The van der Waals surface area contributed by atoms with Crippen LogP contribution in [0.4, 0.5) is 10.5 Å². The minimum absolute atomic E-state index is 0.222. The van der Waals surface area contributed by atoms with Crippen molar-refractivity contribution in [3.05, 3.63) is 90.3 Å². The molecule has 0 aliphatic carbocycles. The molecule has 0 spiro atoms. The molecule has 0 fully saturated rings. The average Bonchev–Trinajstić information content (AvgIpc) is 2.72. The van der Waals surface area contributed by atoms with E-state index in [-0.39, 0.29) is 6.61 Å². The molecule has 0 saturated heterocycles. The molecule has 5 nitrogen and oxygen atoms in total. The largest absolute Gasteiger partial charge is 0.497 e. The number of hydrogen-bond acceptors (Lipinski definition) is 4. The van der Waals surface area contributed by atoms with Crippen LogP contribution in [0.3, 0.4) is 0 Å². The standard InChI is InChI=1S/C21H20N2O3/c1-25-20-11-9-19(10-12-20)23(15-18-8-5-13-22-14-18)21(24)26-16-17-6-3-2-4-7-17/h2-14H,15-16H2,1H3. The van der Waals surface area contributed by atoms with Gasteiger partial charge < -0.3 is 9.47 Å². The van der Waals surface area contributed by atoms with E-state index in [1.807, 2.05) is 66.7 Å². The number of aromatic nitrogens is 1. The van der Waals surface area contributed by atoms with E-state index in [1.54, 1.807) is 24.4 Å². The van der Waals surface area contributed by atoms with E-state index in [2.05, 4.69) is 4.98 Å². The van der Waals surface area contributed by atoms with Crippen molar-refractivity contribution >= 4 is 11.8 Å². The summed E-state index contributed by atoms with van der Waals surface area (Å²) < 4.78 is 10.7. The summed E-state index contributed by atoms with van der Waals surface area (Å²) in [5.41, 5.74) is 2.59. The van der Waals surface area contributed by atoms with Gasteiger partial charge >= 0.3 is 6.09 Å². The maximum Gasteiger partial charge on any atom is 0.414 e. The highest BCUT2D eigenvalue weighted by molar-refractivity contribution is 5.87. The van der Waals surface area contributed by atoms with Crippen molar-refractivity contribution in [2.75, 3.05) is 12.0 Å². The van der Waals surface area contributed by atoms with Crippen molar-refractivity contribution in [1.29, 1.82) is 0 Å². The number of methoxy groups -OCH3 is 1. The molecule has 1 amide bonds. The summed E-state index contributed by atoms with van der Waals surface area (Å²) in [4.78, 5) is 18.4. The molecule has 0 bridgehead atoms. The predicted octanol–water partition coefficient (Wildman–Crippen LogP) is 4.43. The van der Waals surface area contributed by atoms with Gasteiger partial charge in [0.1, 0.15) is 12.4 Å². The second-order valence-corrected chi connectivity index (χ2v) is 5.69. The molecule has 0 saturated carbocycles. The van der Waals surface area contributed by atoms with Gasteiger partial charge in [-0.3, -0.25) is 9.88 Å². The van der Waals surface area contributed by atoms with Crippen LogP contribution < -0.4 is 9.64 Å². The molecule has 132 valence electrons. The van der Waals surface area contributed by atoms with E-state index >= 15 is 0 Å². The van der Waals surface area contributed by atoms with Gasteiger partial charge in [0.25, 0.3) is 0 Å². The zero-order valence-electron chi connectivity index (χ0n) is 14.5. The number of amides is 1. The van der Waals surface area contributed by atoms with Crippen LogP contribution in [0.15, 0.2) is 79.1 Å².